The average Bonchev–Trinajstić information content (AvgIpc) is 2.69. The van der Waals surface area contributed by atoms with Crippen LogP contribution in [-0.4, -0.2) is 22.9 Å². The fraction of sp³-hybridized carbons (Fsp3) is 0.182. The minimum absolute atomic E-state index is 0.0112. The van der Waals surface area contributed by atoms with Crippen molar-refractivity contribution in [2.45, 2.75) is 12.1 Å². The number of carbonyl (C=O) groups is 1. The first kappa shape index (κ1) is 14.0. The molecular formula is C11H5BrF5NO. The molecule has 102 valence electrons. The van der Waals surface area contributed by atoms with Gasteiger partial charge in [0.2, 0.25) is 5.78 Å². The molecule has 2 rings (SSSR count). The number of hydrogen-bond donors (Lipinski definition) is 1. The van der Waals surface area contributed by atoms with Gasteiger partial charge in [-0.3, -0.25) is 4.79 Å². The number of alkyl halides is 5. The van der Waals surface area contributed by atoms with Gasteiger partial charge in [0.1, 0.15) is 0 Å². The van der Waals surface area contributed by atoms with Crippen LogP contribution in [0.3, 0.4) is 0 Å². The molecule has 0 aliphatic heterocycles. The van der Waals surface area contributed by atoms with Crippen molar-refractivity contribution in [3.8, 4) is 0 Å². The monoisotopic (exact) mass is 341 g/mol. The van der Waals surface area contributed by atoms with Crippen molar-refractivity contribution >= 4 is 32.6 Å². The zero-order valence-electron chi connectivity index (χ0n) is 8.99. The van der Waals surface area contributed by atoms with Crippen LogP contribution < -0.4 is 0 Å². The van der Waals surface area contributed by atoms with E-state index in [1.807, 2.05) is 0 Å². The van der Waals surface area contributed by atoms with Gasteiger partial charge in [0.15, 0.2) is 0 Å². The second-order valence-electron chi connectivity index (χ2n) is 3.79. The van der Waals surface area contributed by atoms with E-state index in [0.29, 0.717) is 4.47 Å². The van der Waals surface area contributed by atoms with Crippen LogP contribution in [0.15, 0.2) is 28.9 Å². The molecule has 2 aromatic rings. The maximum atomic E-state index is 13.0. The predicted octanol–water partition coefficient (Wildman–Crippen LogP) is 4.31. The predicted molar refractivity (Wildman–Crippen MR) is 61.3 cm³/mol. The van der Waals surface area contributed by atoms with E-state index in [9.17, 15) is 26.7 Å². The number of rotatable bonds is 2. The standard InChI is InChI=1S/C11H5BrF5NO/c12-5-1-2-6-7(4-18-8(6)3-5)9(19)10(13,14)11(15,16)17/h1-4,18H. The summed E-state index contributed by atoms with van der Waals surface area (Å²) in [6, 6.07) is 4.20. The smallest absolute Gasteiger partial charge is 0.360 e. The van der Waals surface area contributed by atoms with E-state index in [2.05, 4.69) is 20.9 Å². The molecule has 1 heterocycles. The quantitative estimate of drug-likeness (QED) is 0.640. The minimum Gasteiger partial charge on any atom is -0.360 e. The van der Waals surface area contributed by atoms with Crippen LogP contribution in [0.4, 0.5) is 22.0 Å². The lowest BCUT2D eigenvalue weighted by Crippen LogP contribution is -2.44. The van der Waals surface area contributed by atoms with Gasteiger partial charge in [0.05, 0.1) is 0 Å². The molecule has 19 heavy (non-hydrogen) atoms. The number of aromatic nitrogens is 1. The normalized spacial score (nSPS) is 12.9. The second kappa shape index (κ2) is 4.29. The maximum absolute atomic E-state index is 13.0. The third-order valence-electron chi connectivity index (χ3n) is 2.53. The highest BCUT2D eigenvalue weighted by molar-refractivity contribution is 9.10. The van der Waals surface area contributed by atoms with E-state index in [0.717, 1.165) is 6.20 Å². The lowest BCUT2D eigenvalue weighted by molar-refractivity contribution is -0.255. The lowest BCUT2D eigenvalue weighted by atomic mass is 10.0. The average molecular weight is 342 g/mol. The first-order chi connectivity index (χ1) is 8.64. The van der Waals surface area contributed by atoms with E-state index in [4.69, 9.17) is 0 Å². The third-order valence-corrected chi connectivity index (χ3v) is 3.02. The van der Waals surface area contributed by atoms with E-state index >= 15 is 0 Å². The Morgan fingerprint density at radius 1 is 1.16 bits per heavy atom. The van der Waals surface area contributed by atoms with Crippen molar-refractivity contribution in [1.29, 1.82) is 0 Å². The first-order valence-electron chi connectivity index (χ1n) is 4.90. The summed E-state index contributed by atoms with van der Waals surface area (Å²) in [5.74, 6) is -7.68. The van der Waals surface area contributed by atoms with Crippen molar-refractivity contribution < 1.29 is 26.7 Å². The van der Waals surface area contributed by atoms with Crippen LogP contribution >= 0.6 is 15.9 Å². The van der Waals surface area contributed by atoms with E-state index in [-0.39, 0.29) is 10.9 Å². The summed E-state index contributed by atoms with van der Waals surface area (Å²) in [7, 11) is 0. The number of halogens is 6. The molecule has 0 amide bonds. The number of Topliss-reactive ketones (excluding diaryl/α,β-unsaturated/α-hetero) is 1. The number of nitrogens with one attached hydrogen (secondary N) is 1. The highest BCUT2D eigenvalue weighted by Gasteiger charge is 2.63. The van der Waals surface area contributed by atoms with Gasteiger partial charge >= 0.3 is 12.1 Å². The van der Waals surface area contributed by atoms with Gasteiger partial charge in [0.25, 0.3) is 0 Å². The molecule has 0 spiro atoms. The van der Waals surface area contributed by atoms with Gasteiger partial charge in [0, 0.05) is 27.1 Å². The van der Waals surface area contributed by atoms with Crippen LogP contribution in [0, 0.1) is 0 Å². The summed E-state index contributed by atoms with van der Waals surface area (Å²) in [5.41, 5.74) is -0.402. The molecule has 8 heteroatoms. The summed E-state index contributed by atoms with van der Waals surface area (Å²) in [6.45, 7) is 0. The minimum atomic E-state index is -5.91. The molecule has 0 saturated heterocycles. The van der Waals surface area contributed by atoms with Crippen molar-refractivity contribution in [2.75, 3.05) is 0 Å². The molecule has 0 bridgehead atoms. The summed E-state index contributed by atoms with van der Waals surface area (Å²) in [6.07, 6.45) is -5.07. The summed E-state index contributed by atoms with van der Waals surface area (Å²) < 4.78 is 63.0. The van der Waals surface area contributed by atoms with Gasteiger partial charge in [-0.1, -0.05) is 22.0 Å². The molecule has 2 nitrogen and oxygen atoms in total. The summed E-state index contributed by atoms with van der Waals surface area (Å²) in [4.78, 5) is 13.9. The second-order valence-corrected chi connectivity index (χ2v) is 4.71. The Labute approximate surface area is 111 Å². The Morgan fingerprint density at radius 3 is 2.37 bits per heavy atom. The molecular weight excluding hydrogens is 337 g/mol. The van der Waals surface area contributed by atoms with Crippen LogP contribution in [-0.2, 0) is 0 Å². The highest BCUT2D eigenvalue weighted by atomic mass is 79.9. The van der Waals surface area contributed by atoms with Crippen LogP contribution in [0.1, 0.15) is 10.4 Å². The zero-order chi connectivity index (χ0) is 14.4. The van der Waals surface area contributed by atoms with Crippen molar-refractivity contribution in [3.05, 3.63) is 34.4 Å². The number of ketones is 1. The first-order valence-corrected chi connectivity index (χ1v) is 5.70. The van der Waals surface area contributed by atoms with Gasteiger partial charge in [-0.05, 0) is 12.1 Å². The molecule has 0 atom stereocenters. The molecule has 1 aromatic heterocycles. The SMILES string of the molecule is O=C(c1c[nH]c2cc(Br)ccc12)C(F)(F)C(F)(F)F. The van der Waals surface area contributed by atoms with Crippen molar-refractivity contribution in [1.82, 2.24) is 4.98 Å². The van der Waals surface area contributed by atoms with Crippen molar-refractivity contribution in [2.24, 2.45) is 0 Å². The Bertz CT molecular complexity index is 646. The van der Waals surface area contributed by atoms with E-state index in [1.54, 1.807) is 0 Å². The summed E-state index contributed by atoms with van der Waals surface area (Å²) in [5, 5.41) is 0.0112. The largest absolute Gasteiger partial charge is 0.461 e. The maximum Gasteiger partial charge on any atom is 0.461 e. The van der Waals surface area contributed by atoms with Gasteiger partial charge < -0.3 is 4.98 Å². The molecule has 0 fully saturated rings. The number of fused-ring (bicyclic) bond motifs is 1. The van der Waals surface area contributed by atoms with Crippen LogP contribution in [0.2, 0.25) is 0 Å². The number of carbonyl (C=O) groups excluding carboxylic acids is 1. The van der Waals surface area contributed by atoms with Crippen LogP contribution in [0.25, 0.3) is 10.9 Å². The fourth-order valence-electron chi connectivity index (χ4n) is 1.58. The third kappa shape index (κ3) is 2.24. The highest BCUT2D eigenvalue weighted by Crippen LogP contribution is 2.39. The number of H-pyrrole nitrogens is 1. The zero-order valence-corrected chi connectivity index (χ0v) is 10.6. The molecule has 0 aliphatic rings. The van der Waals surface area contributed by atoms with Gasteiger partial charge in [-0.25, -0.2) is 0 Å². The number of benzene rings is 1. The Balaban J connectivity index is 2.54. The molecule has 0 unspecified atom stereocenters. The van der Waals surface area contributed by atoms with Crippen molar-refractivity contribution in [3.63, 3.8) is 0 Å². The number of aromatic amines is 1. The Hall–Kier alpha value is -1.44. The number of hydrogen-bond acceptors (Lipinski definition) is 1. The molecule has 0 radical (unpaired) electrons. The molecule has 1 aromatic carbocycles. The Kier molecular flexibility index (Phi) is 3.16. The van der Waals surface area contributed by atoms with Gasteiger partial charge in [-0.15, -0.1) is 0 Å². The Morgan fingerprint density at radius 2 is 1.79 bits per heavy atom. The van der Waals surface area contributed by atoms with Gasteiger partial charge in [-0.2, -0.15) is 22.0 Å². The van der Waals surface area contributed by atoms with E-state index < -0.39 is 23.4 Å². The molecule has 0 saturated carbocycles. The van der Waals surface area contributed by atoms with Crippen LogP contribution in [0.5, 0.6) is 0 Å². The van der Waals surface area contributed by atoms with E-state index in [1.165, 1.54) is 18.2 Å². The fourth-order valence-corrected chi connectivity index (χ4v) is 1.95. The lowest BCUT2D eigenvalue weighted by Gasteiger charge is -2.17. The summed E-state index contributed by atoms with van der Waals surface area (Å²) >= 11 is 3.12. The topological polar surface area (TPSA) is 32.9 Å². The molecule has 1 N–H and O–H groups in total. The molecule has 0 aliphatic carbocycles.